The average molecular weight is 343 g/mol. The molecule has 2 nitrogen and oxygen atoms in total. The lowest BCUT2D eigenvalue weighted by Crippen LogP contribution is -2.14. The number of carbonyl (C=O) groups is 1. The SMILES string of the molecule is Cc1cccc(Cl)c1NC(=O)c1ccc(Br)cc1F. The van der Waals surface area contributed by atoms with Crippen LogP contribution in [0.1, 0.15) is 15.9 Å². The largest absolute Gasteiger partial charge is 0.320 e. The molecule has 2 rings (SSSR count). The smallest absolute Gasteiger partial charge is 0.258 e. The molecule has 19 heavy (non-hydrogen) atoms. The number of nitrogens with one attached hydrogen (secondary N) is 1. The van der Waals surface area contributed by atoms with Gasteiger partial charge in [-0.3, -0.25) is 4.79 Å². The predicted molar refractivity (Wildman–Crippen MR) is 78.2 cm³/mol. The molecule has 0 aromatic heterocycles. The van der Waals surface area contributed by atoms with Crippen LogP contribution in [0.2, 0.25) is 5.02 Å². The summed E-state index contributed by atoms with van der Waals surface area (Å²) in [5, 5.41) is 3.05. The van der Waals surface area contributed by atoms with Gasteiger partial charge in [-0.15, -0.1) is 0 Å². The topological polar surface area (TPSA) is 29.1 Å². The molecule has 0 aliphatic heterocycles. The zero-order chi connectivity index (χ0) is 14.0. The number of halogens is 3. The minimum absolute atomic E-state index is 0.0254. The Morgan fingerprint density at radius 3 is 2.68 bits per heavy atom. The first-order valence-corrected chi connectivity index (χ1v) is 6.67. The third-order valence-electron chi connectivity index (χ3n) is 2.64. The second-order valence-electron chi connectivity index (χ2n) is 4.01. The van der Waals surface area contributed by atoms with E-state index in [9.17, 15) is 9.18 Å². The van der Waals surface area contributed by atoms with E-state index in [-0.39, 0.29) is 5.56 Å². The Morgan fingerprint density at radius 2 is 2.05 bits per heavy atom. The maximum absolute atomic E-state index is 13.7. The van der Waals surface area contributed by atoms with E-state index in [0.29, 0.717) is 15.2 Å². The molecule has 2 aromatic rings. The van der Waals surface area contributed by atoms with Crippen molar-refractivity contribution >= 4 is 39.1 Å². The number of amides is 1. The molecule has 1 N–H and O–H groups in total. The molecule has 0 fully saturated rings. The van der Waals surface area contributed by atoms with Crippen molar-refractivity contribution in [3.63, 3.8) is 0 Å². The van der Waals surface area contributed by atoms with E-state index >= 15 is 0 Å². The fourth-order valence-electron chi connectivity index (χ4n) is 1.64. The summed E-state index contributed by atoms with van der Waals surface area (Å²) in [4.78, 5) is 12.0. The number of rotatable bonds is 2. The van der Waals surface area contributed by atoms with Crippen molar-refractivity contribution in [1.29, 1.82) is 0 Å². The molecule has 0 aliphatic rings. The van der Waals surface area contributed by atoms with Crippen molar-refractivity contribution in [2.24, 2.45) is 0 Å². The van der Waals surface area contributed by atoms with Gasteiger partial charge in [0.15, 0.2) is 0 Å². The molecular weight excluding hydrogens is 333 g/mol. The maximum Gasteiger partial charge on any atom is 0.258 e. The van der Waals surface area contributed by atoms with Crippen LogP contribution in [-0.4, -0.2) is 5.91 Å². The zero-order valence-electron chi connectivity index (χ0n) is 10.0. The minimum Gasteiger partial charge on any atom is -0.320 e. The number of carbonyl (C=O) groups excluding carboxylic acids is 1. The van der Waals surface area contributed by atoms with Gasteiger partial charge in [0.05, 0.1) is 16.3 Å². The first-order valence-electron chi connectivity index (χ1n) is 5.50. The standard InChI is InChI=1S/C14H10BrClFNO/c1-8-3-2-4-11(16)13(8)18-14(19)10-6-5-9(15)7-12(10)17/h2-7H,1H3,(H,18,19). The van der Waals surface area contributed by atoms with Crippen molar-refractivity contribution in [3.05, 3.63) is 62.8 Å². The molecule has 0 spiro atoms. The number of para-hydroxylation sites is 1. The molecule has 0 saturated carbocycles. The van der Waals surface area contributed by atoms with E-state index < -0.39 is 11.7 Å². The second-order valence-corrected chi connectivity index (χ2v) is 5.33. The van der Waals surface area contributed by atoms with E-state index in [4.69, 9.17) is 11.6 Å². The van der Waals surface area contributed by atoms with E-state index in [2.05, 4.69) is 21.2 Å². The quantitative estimate of drug-likeness (QED) is 0.834. The summed E-state index contributed by atoms with van der Waals surface area (Å²) in [7, 11) is 0. The summed E-state index contributed by atoms with van der Waals surface area (Å²) < 4.78 is 14.3. The first-order chi connectivity index (χ1) is 8.99. The normalized spacial score (nSPS) is 10.3. The number of aryl methyl sites for hydroxylation is 1. The van der Waals surface area contributed by atoms with Gasteiger partial charge in [0, 0.05) is 4.47 Å². The molecule has 98 valence electrons. The van der Waals surface area contributed by atoms with E-state index in [1.807, 2.05) is 13.0 Å². The Balaban J connectivity index is 2.31. The molecule has 1 amide bonds. The molecule has 5 heteroatoms. The van der Waals surface area contributed by atoms with Gasteiger partial charge in [0.2, 0.25) is 0 Å². The third kappa shape index (κ3) is 3.14. The number of hydrogen-bond acceptors (Lipinski definition) is 1. The van der Waals surface area contributed by atoms with Crippen molar-refractivity contribution in [3.8, 4) is 0 Å². The van der Waals surface area contributed by atoms with Crippen LogP contribution in [0.15, 0.2) is 40.9 Å². The molecular formula is C14H10BrClFNO. The van der Waals surface area contributed by atoms with Gasteiger partial charge in [0.1, 0.15) is 5.82 Å². The Bertz CT molecular complexity index is 625. The van der Waals surface area contributed by atoms with Gasteiger partial charge in [-0.25, -0.2) is 4.39 Å². The lowest BCUT2D eigenvalue weighted by atomic mass is 10.1. The molecule has 0 unspecified atom stereocenters. The summed E-state index contributed by atoms with van der Waals surface area (Å²) >= 11 is 9.15. The molecule has 0 aliphatic carbocycles. The van der Waals surface area contributed by atoms with Gasteiger partial charge in [-0.2, -0.15) is 0 Å². The van der Waals surface area contributed by atoms with Gasteiger partial charge in [-0.1, -0.05) is 39.7 Å². The molecule has 2 aromatic carbocycles. The lowest BCUT2D eigenvalue weighted by molar-refractivity contribution is 0.102. The molecule has 0 atom stereocenters. The lowest BCUT2D eigenvalue weighted by Gasteiger charge is -2.10. The second kappa shape index (κ2) is 5.72. The van der Waals surface area contributed by atoms with E-state index in [1.54, 1.807) is 18.2 Å². The van der Waals surface area contributed by atoms with Crippen LogP contribution in [-0.2, 0) is 0 Å². The van der Waals surface area contributed by atoms with Crippen LogP contribution >= 0.6 is 27.5 Å². The van der Waals surface area contributed by atoms with Gasteiger partial charge in [0.25, 0.3) is 5.91 Å². The molecule has 0 bridgehead atoms. The Morgan fingerprint density at radius 1 is 1.32 bits per heavy atom. The zero-order valence-corrected chi connectivity index (χ0v) is 12.3. The highest BCUT2D eigenvalue weighted by molar-refractivity contribution is 9.10. The fraction of sp³-hybridized carbons (Fsp3) is 0.0714. The van der Waals surface area contributed by atoms with Crippen LogP contribution in [0.25, 0.3) is 0 Å². The monoisotopic (exact) mass is 341 g/mol. The Labute approximate surface area is 123 Å². The van der Waals surface area contributed by atoms with Gasteiger partial charge >= 0.3 is 0 Å². The summed E-state index contributed by atoms with van der Waals surface area (Å²) in [6.07, 6.45) is 0. The Kier molecular flexibility index (Phi) is 4.22. The summed E-state index contributed by atoms with van der Waals surface area (Å²) in [5.41, 5.74) is 1.29. The first kappa shape index (κ1) is 14.0. The highest BCUT2D eigenvalue weighted by Crippen LogP contribution is 2.26. The molecule has 0 radical (unpaired) electrons. The van der Waals surface area contributed by atoms with Crippen molar-refractivity contribution in [2.75, 3.05) is 5.32 Å². The number of benzene rings is 2. The van der Waals surface area contributed by atoms with E-state index in [0.717, 1.165) is 5.56 Å². The highest BCUT2D eigenvalue weighted by atomic mass is 79.9. The summed E-state index contributed by atoms with van der Waals surface area (Å²) in [5.74, 6) is -1.11. The van der Waals surface area contributed by atoms with Crippen LogP contribution < -0.4 is 5.32 Å². The Hall–Kier alpha value is -1.39. The minimum atomic E-state index is -0.586. The third-order valence-corrected chi connectivity index (χ3v) is 3.44. The highest BCUT2D eigenvalue weighted by Gasteiger charge is 2.14. The fourth-order valence-corrected chi connectivity index (χ4v) is 2.25. The predicted octanol–water partition coefficient (Wildman–Crippen LogP) is 4.80. The summed E-state index contributed by atoms with van der Waals surface area (Å²) in [6, 6.07) is 9.54. The number of hydrogen-bond donors (Lipinski definition) is 1. The van der Waals surface area contributed by atoms with Gasteiger partial charge in [-0.05, 0) is 36.8 Å². The molecule has 0 saturated heterocycles. The van der Waals surface area contributed by atoms with Crippen molar-refractivity contribution < 1.29 is 9.18 Å². The van der Waals surface area contributed by atoms with Crippen molar-refractivity contribution in [2.45, 2.75) is 6.92 Å². The van der Waals surface area contributed by atoms with Crippen molar-refractivity contribution in [1.82, 2.24) is 0 Å². The van der Waals surface area contributed by atoms with Gasteiger partial charge < -0.3 is 5.32 Å². The van der Waals surface area contributed by atoms with Crippen LogP contribution in [0.4, 0.5) is 10.1 Å². The van der Waals surface area contributed by atoms with Crippen LogP contribution in [0.5, 0.6) is 0 Å². The molecule has 0 heterocycles. The average Bonchev–Trinajstić information content (AvgIpc) is 2.33. The van der Waals surface area contributed by atoms with E-state index in [1.165, 1.54) is 12.1 Å². The maximum atomic E-state index is 13.7. The number of anilines is 1. The van der Waals surface area contributed by atoms with Crippen LogP contribution in [0.3, 0.4) is 0 Å². The van der Waals surface area contributed by atoms with Crippen LogP contribution in [0, 0.1) is 12.7 Å². The summed E-state index contributed by atoms with van der Waals surface area (Å²) in [6.45, 7) is 1.82.